The van der Waals surface area contributed by atoms with Gasteiger partial charge in [0.2, 0.25) is 0 Å². The lowest BCUT2D eigenvalue weighted by Crippen LogP contribution is -2.11. The molecule has 2 N–H and O–H groups in total. The first-order valence-electron chi connectivity index (χ1n) is 7.11. The minimum atomic E-state index is -0.711. The first-order valence-corrected chi connectivity index (χ1v) is 7.11. The van der Waals surface area contributed by atoms with Crippen molar-refractivity contribution in [2.45, 2.75) is 78.6 Å². The monoisotopic (exact) mass is 245 g/mol. The number of ether oxygens (including phenoxy) is 1. The van der Waals surface area contributed by atoms with Crippen LogP contribution in [0.1, 0.15) is 78.6 Å². The molecule has 1 amide bonds. The zero-order chi connectivity index (χ0) is 13.4. The first-order chi connectivity index (χ1) is 8.18. The van der Waals surface area contributed by atoms with Crippen LogP contribution in [0.25, 0.3) is 0 Å². The maximum absolute atomic E-state index is 9.60. The van der Waals surface area contributed by atoms with Gasteiger partial charge >= 0.3 is 6.09 Å². The quantitative estimate of drug-likeness (QED) is 0.602. The Kier molecular flexibility index (Phi) is 19.4. The van der Waals surface area contributed by atoms with E-state index in [0.717, 1.165) is 0 Å². The molecule has 0 saturated heterocycles. The third-order valence-corrected chi connectivity index (χ3v) is 2.49. The van der Waals surface area contributed by atoms with Crippen molar-refractivity contribution in [1.82, 2.24) is 0 Å². The number of amides is 1. The molecule has 3 nitrogen and oxygen atoms in total. The Morgan fingerprint density at radius 1 is 0.824 bits per heavy atom. The number of rotatable bonds is 9. The highest BCUT2D eigenvalue weighted by Crippen LogP contribution is 2.08. The number of hydrogen-bond acceptors (Lipinski definition) is 2. The maximum Gasteiger partial charge on any atom is 0.404 e. The van der Waals surface area contributed by atoms with E-state index in [1.54, 1.807) is 6.92 Å². The van der Waals surface area contributed by atoms with Gasteiger partial charge in [-0.2, -0.15) is 0 Å². The smallest absolute Gasteiger partial charge is 0.404 e. The summed E-state index contributed by atoms with van der Waals surface area (Å²) in [5.41, 5.74) is 4.54. The van der Waals surface area contributed by atoms with Crippen LogP contribution in [-0.2, 0) is 4.74 Å². The molecular weight excluding hydrogens is 214 g/mol. The van der Waals surface area contributed by atoms with Gasteiger partial charge in [-0.15, -0.1) is 0 Å². The van der Waals surface area contributed by atoms with Crippen molar-refractivity contribution in [3.05, 3.63) is 0 Å². The molecule has 104 valence electrons. The van der Waals surface area contributed by atoms with Crippen LogP contribution in [0.5, 0.6) is 0 Å². The van der Waals surface area contributed by atoms with E-state index in [1.807, 2.05) is 0 Å². The van der Waals surface area contributed by atoms with Gasteiger partial charge in [0.05, 0.1) is 6.61 Å². The zero-order valence-corrected chi connectivity index (χ0v) is 12.0. The molecule has 0 rings (SSSR count). The SMILES string of the molecule is CCCCCCCCCCC.CCOC(N)=O. The molecule has 0 atom stereocenters. The van der Waals surface area contributed by atoms with E-state index < -0.39 is 6.09 Å². The van der Waals surface area contributed by atoms with Crippen molar-refractivity contribution >= 4 is 6.09 Å². The number of carbonyl (C=O) groups excluding carboxylic acids is 1. The van der Waals surface area contributed by atoms with Crippen LogP contribution in [0.2, 0.25) is 0 Å². The fourth-order valence-corrected chi connectivity index (χ4v) is 1.53. The lowest BCUT2D eigenvalue weighted by atomic mass is 10.1. The Labute approximate surface area is 107 Å². The van der Waals surface area contributed by atoms with E-state index in [9.17, 15) is 4.79 Å². The summed E-state index contributed by atoms with van der Waals surface area (Å²) < 4.78 is 4.18. The molecule has 0 spiro atoms. The Balaban J connectivity index is 0. The predicted molar refractivity (Wildman–Crippen MR) is 74.1 cm³/mol. The topological polar surface area (TPSA) is 52.3 Å². The molecule has 0 fully saturated rings. The molecular formula is C14H31NO2. The second-order valence-corrected chi connectivity index (χ2v) is 4.23. The van der Waals surface area contributed by atoms with Gasteiger partial charge < -0.3 is 10.5 Å². The maximum atomic E-state index is 9.60. The van der Waals surface area contributed by atoms with Gasteiger partial charge in [-0.1, -0.05) is 71.6 Å². The Morgan fingerprint density at radius 3 is 1.35 bits per heavy atom. The fourth-order valence-electron chi connectivity index (χ4n) is 1.53. The van der Waals surface area contributed by atoms with Crippen LogP contribution in [0.15, 0.2) is 0 Å². The first kappa shape index (κ1) is 18.6. The molecule has 3 heteroatoms. The minimum Gasteiger partial charge on any atom is -0.450 e. The van der Waals surface area contributed by atoms with Crippen molar-refractivity contribution in [3.63, 3.8) is 0 Å². The van der Waals surface area contributed by atoms with E-state index in [4.69, 9.17) is 0 Å². The number of hydrogen-bond donors (Lipinski definition) is 1. The average Bonchev–Trinajstić information content (AvgIpc) is 2.29. The van der Waals surface area contributed by atoms with Crippen LogP contribution in [-0.4, -0.2) is 12.7 Å². The summed E-state index contributed by atoms with van der Waals surface area (Å²) in [6.07, 6.45) is 12.2. The minimum absolute atomic E-state index is 0.356. The Hall–Kier alpha value is -0.730. The van der Waals surface area contributed by atoms with Crippen LogP contribution in [0.3, 0.4) is 0 Å². The molecule has 0 aromatic carbocycles. The number of unbranched alkanes of at least 4 members (excludes halogenated alkanes) is 8. The molecule has 0 radical (unpaired) electrons. The molecule has 0 unspecified atom stereocenters. The van der Waals surface area contributed by atoms with E-state index in [-0.39, 0.29) is 0 Å². The third-order valence-electron chi connectivity index (χ3n) is 2.49. The van der Waals surface area contributed by atoms with E-state index >= 15 is 0 Å². The van der Waals surface area contributed by atoms with Gasteiger partial charge in [-0.3, -0.25) is 0 Å². The molecule has 0 heterocycles. The molecule has 0 bridgehead atoms. The standard InChI is InChI=1S/C11H24.C3H7NO2/c1-3-5-7-9-11-10-8-6-4-2;1-2-6-3(4)5/h3-11H2,1-2H3;2H2,1H3,(H2,4,5). The summed E-state index contributed by atoms with van der Waals surface area (Å²) in [6.45, 7) is 6.61. The third kappa shape index (κ3) is 25.5. The normalized spacial score (nSPS) is 9.35. The summed E-state index contributed by atoms with van der Waals surface area (Å²) in [5, 5.41) is 0. The van der Waals surface area contributed by atoms with E-state index in [0.29, 0.717) is 6.61 Å². The van der Waals surface area contributed by atoms with Crippen molar-refractivity contribution in [3.8, 4) is 0 Å². The summed E-state index contributed by atoms with van der Waals surface area (Å²) >= 11 is 0. The molecule has 0 aliphatic heterocycles. The summed E-state index contributed by atoms with van der Waals surface area (Å²) in [6, 6.07) is 0. The lowest BCUT2D eigenvalue weighted by Gasteiger charge is -1.98. The highest BCUT2D eigenvalue weighted by atomic mass is 16.5. The molecule has 0 saturated carbocycles. The summed E-state index contributed by atoms with van der Waals surface area (Å²) in [7, 11) is 0. The predicted octanol–water partition coefficient (Wildman–Crippen LogP) is 4.64. The van der Waals surface area contributed by atoms with E-state index in [1.165, 1.54) is 57.8 Å². The molecule has 0 aromatic rings. The molecule has 0 aliphatic rings. The van der Waals surface area contributed by atoms with Gasteiger partial charge in [-0.25, -0.2) is 4.79 Å². The highest BCUT2D eigenvalue weighted by Gasteiger charge is 1.89. The van der Waals surface area contributed by atoms with Crippen LogP contribution >= 0.6 is 0 Å². The zero-order valence-electron chi connectivity index (χ0n) is 12.0. The van der Waals surface area contributed by atoms with Gasteiger partial charge in [0.1, 0.15) is 0 Å². The van der Waals surface area contributed by atoms with Crippen LogP contribution in [0, 0.1) is 0 Å². The molecule has 0 aliphatic carbocycles. The largest absolute Gasteiger partial charge is 0.450 e. The Morgan fingerprint density at radius 2 is 1.18 bits per heavy atom. The number of nitrogens with two attached hydrogens (primary N) is 1. The summed E-state index contributed by atoms with van der Waals surface area (Å²) in [5.74, 6) is 0. The van der Waals surface area contributed by atoms with Crippen molar-refractivity contribution < 1.29 is 9.53 Å². The number of carbonyl (C=O) groups is 1. The van der Waals surface area contributed by atoms with Gasteiger partial charge in [0.25, 0.3) is 0 Å². The van der Waals surface area contributed by atoms with Crippen LogP contribution in [0.4, 0.5) is 4.79 Å². The van der Waals surface area contributed by atoms with Crippen molar-refractivity contribution in [2.75, 3.05) is 6.61 Å². The number of primary amides is 1. The molecule has 17 heavy (non-hydrogen) atoms. The van der Waals surface area contributed by atoms with Gasteiger partial charge in [0, 0.05) is 0 Å². The Bertz CT molecular complexity index is 141. The second-order valence-electron chi connectivity index (χ2n) is 4.23. The second kappa shape index (κ2) is 17.7. The van der Waals surface area contributed by atoms with Crippen LogP contribution < -0.4 is 5.73 Å². The lowest BCUT2D eigenvalue weighted by molar-refractivity contribution is 0.163. The van der Waals surface area contributed by atoms with Gasteiger partial charge in [0.15, 0.2) is 0 Å². The van der Waals surface area contributed by atoms with Crippen molar-refractivity contribution in [2.24, 2.45) is 5.73 Å². The average molecular weight is 245 g/mol. The van der Waals surface area contributed by atoms with Gasteiger partial charge in [-0.05, 0) is 6.92 Å². The summed E-state index contributed by atoms with van der Waals surface area (Å²) in [4.78, 5) is 9.60. The van der Waals surface area contributed by atoms with Crippen molar-refractivity contribution in [1.29, 1.82) is 0 Å². The highest BCUT2D eigenvalue weighted by molar-refractivity contribution is 5.64. The molecule has 0 aromatic heterocycles. The van der Waals surface area contributed by atoms with E-state index in [2.05, 4.69) is 24.3 Å². The fraction of sp³-hybridized carbons (Fsp3) is 0.929.